The van der Waals surface area contributed by atoms with Gasteiger partial charge < -0.3 is 9.80 Å². The van der Waals surface area contributed by atoms with E-state index in [0.717, 1.165) is 38.1 Å². The van der Waals surface area contributed by atoms with Crippen LogP contribution in [0.4, 0.5) is 17.6 Å². The van der Waals surface area contributed by atoms with Crippen LogP contribution < -0.4 is 0 Å². The van der Waals surface area contributed by atoms with E-state index >= 15 is 0 Å². The molecule has 2 aliphatic heterocycles. The zero-order valence-electron chi connectivity index (χ0n) is 18.1. The number of hydrogen-bond acceptors (Lipinski definition) is 3. The van der Waals surface area contributed by atoms with Crippen LogP contribution in [0.1, 0.15) is 54.2 Å². The number of pyridine rings is 1. The lowest BCUT2D eigenvalue weighted by molar-refractivity contribution is -0.139. The Labute approximate surface area is 185 Å². The van der Waals surface area contributed by atoms with Crippen molar-refractivity contribution in [2.75, 3.05) is 26.2 Å². The van der Waals surface area contributed by atoms with E-state index in [1.54, 1.807) is 6.07 Å². The maximum absolute atomic E-state index is 13.6. The van der Waals surface area contributed by atoms with Crippen LogP contribution >= 0.6 is 0 Å². The van der Waals surface area contributed by atoms with Crippen LogP contribution in [-0.2, 0) is 12.6 Å². The molecule has 0 unspecified atom stereocenters. The Bertz CT molecular complexity index is 978. The standard InChI is InChI=1S/C24H27F4N3O/c1-2-16-13-18(17-5-6-21(25)20(14-17)24(26,27)28)15-29-22(16)23(32)31-11-7-19(8-12-31)30-9-3-4-10-30/h5-6,13-15,19H,2-4,7-12H2,1H3. The van der Waals surface area contributed by atoms with Gasteiger partial charge in [0.05, 0.1) is 5.56 Å². The number of carbonyl (C=O) groups excluding carboxylic acids is 1. The van der Waals surface area contributed by atoms with Crippen LogP contribution in [0.25, 0.3) is 11.1 Å². The lowest BCUT2D eigenvalue weighted by atomic mass is 9.99. The Hall–Kier alpha value is -2.48. The molecule has 0 bridgehead atoms. The van der Waals surface area contributed by atoms with Crippen molar-refractivity contribution in [2.45, 2.75) is 51.2 Å². The number of nitrogens with zero attached hydrogens (tertiary/aromatic N) is 3. The van der Waals surface area contributed by atoms with Crippen molar-refractivity contribution in [1.29, 1.82) is 0 Å². The predicted octanol–water partition coefficient (Wildman–Crippen LogP) is 5.17. The molecule has 172 valence electrons. The number of carbonyl (C=O) groups is 1. The summed E-state index contributed by atoms with van der Waals surface area (Å²) in [5.41, 5.74) is 0.346. The van der Waals surface area contributed by atoms with Crippen molar-refractivity contribution < 1.29 is 22.4 Å². The number of benzene rings is 1. The molecule has 0 N–H and O–H groups in total. The summed E-state index contributed by atoms with van der Waals surface area (Å²) in [6.45, 7) is 5.52. The molecule has 2 aliphatic rings. The highest BCUT2D eigenvalue weighted by Gasteiger charge is 2.34. The molecule has 0 spiro atoms. The zero-order valence-corrected chi connectivity index (χ0v) is 18.1. The minimum Gasteiger partial charge on any atom is -0.337 e. The highest BCUT2D eigenvalue weighted by atomic mass is 19.4. The molecular weight excluding hydrogens is 422 g/mol. The molecule has 3 heterocycles. The third kappa shape index (κ3) is 4.65. The first-order chi connectivity index (χ1) is 15.3. The van der Waals surface area contributed by atoms with Gasteiger partial charge in [-0.15, -0.1) is 0 Å². The van der Waals surface area contributed by atoms with Gasteiger partial charge in [0.25, 0.3) is 5.91 Å². The van der Waals surface area contributed by atoms with E-state index in [0.29, 0.717) is 42.4 Å². The first kappa shape index (κ1) is 22.7. The summed E-state index contributed by atoms with van der Waals surface area (Å²) < 4.78 is 52.9. The second kappa shape index (κ2) is 9.17. The molecule has 0 radical (unpaired) electrons. The van der Waals surface area contributed by atoms with E-state index in [1.807, 2.05) is 11.8 Å². The molecule has 0 atom stereocenters. The summed E-state index contributed by atoms with van der Waals surface area (Å²) in [5.74, 6) is -1.45. The molecule has 0 aliphatic carbocycles. The Morgan fingerprint density at radius 1 is 1.06 bits per heavy atom. The van der Waals surface area contributed by atoms with Crippen molar-refractivity contribution >= 4 is 5.91 Å². The van der Waals surface area contributed by atoms with Crippen molar-refractivity contribution in [2.24, 2.45) is 0 Å². The maximum Gasteiger partial charge on any atom is 0.419 e. The summed E-state index contributed by atoms with van der Waals surface area (Å²) in [5, 5.41) is 0. The summed E-state index contributed by atoms with van der Waals surface area (Å²) in [4.78, 5) is 21.8. The predicted molar refractivity (Wildman–Crippen MR) is 114 cm³/mol. The van der Waals surface area contributed by atoms with Gasteiger partial charge in [-0.25, -0.2) is 4.39 Å². The monoisotopic (exact) mass is 449 g/mol. The zero-order chi connectivity index (χ0) is 22.9. The largest absolute Gasteiger partial charge is 0.419 e. The molecule has 2 fully saturated rings. The van der Waals surface area contributed by atoms with Gasteiger partial charge in [0.15, 0.2) is 0 Å². The number of aromatic nitrogens is 1. The third-order valence-corrected chi connectivity index (χ3v) is 6.56. The number of alkyl halides is 3. The Morgan fingerprint density at radius 3 is 2.38 bits per heavy atom. The molecule has 32 heavy (non-hydrogen) atoms. The van der Waals surface area contributed by atoms with E-state index in [-0.39, 0.29) is 11.5 Å². The van der Waals surface area contributed by atoms with Gasteiger partial charge >= 0.3 is 6.18 Å². The molecule has 2 aromatic rings. The maximum atomic E-state index is 13.6. The van der Waals surface area contributed by atoms with Crippen molar-refractivity contribution in [1.82, 2.24) is 14.8 Å². The van der Waals surface area contributed by atoms with E-state index in [4.69, 9.17) is 0 Å². The van der Waals surface area contributed by atoms with Crippen LogP contribution in [0.5, 0.6) is 0 Å². The number of piperidine rings is 1. The second-order valence-electron chi connectivity index (χ2n) is 8.54. The van der Waals surface area contributed by atoms with E-state index < -0.39 is 17.6 Å². The molecule has 8 heteroatoms. The lowest BCUT2D eigenvalue weighted by Gasteiger charge is -2.36. The number of halogens is 4. The fourth-order valence-electron chi connectivity index (χ4n) is 4.74. The normalized spacial score (nSPS) is 18.3. The number of aryl methyl sites for hydroxylation is 1. The first-order valence-electron chi connectivity index (χ1n) is 11.2. The Morgan fingerprint density at radius 2 is 1.75 bits per heavy atom. The average molecular weight is 449 g/mol. The van der Waals surface area contributed by atoms with E-state index in [9.17, 15) is 22.4 Å². The molecule has 1 aromatic heterocycles. The molecule has 2 saturated heterocycles. The number of likely N-dealkylation sites (tertiary alicyclic amines) is 2. The van der Waals surface area contributed by atoms with Gasteiger partial charge in [-0.2, -0.15) is 13.2 Å². The van der Waals surface area contributed by atoms with Gasteiger partial charge in [0, 0.05) is 30.9 Å². The fourth-order valence-corrected chi connectivity index (χ4v) is 4.74. The van der Waals surface area contributed by atoms with Crippen LogP contribution in [0.3, 0.4) is 0 Å². The highest BCUT2D eigenvalue weighted by Crippen LogP contribution is 2.34. The van der Waals surface area contributed by atoms with Crippen LogP contribution in [0.2, 0.25) is 0 Å². The molecule has 4 nitrogen and oxygen atoms in total. The minimum absolute atomic E-state index is 0.136. The highest BCUT2D eigenvalue weighted by molar-refractivity contribution is 5.94. The average Bonchev–Trinajstić information content (AvgIpc) is 3.33. The fraction of sp³-hybridized carbons (Fsp3) is 0.500. The third-order valence-electron chi connectivity index (χ3n) is 6.56. The van der Waals surface area contributed by atoms with Crippen molar-refractivity contribution in [3.05, 3.63) is 53.1 Å². The smallest absolute Gasteiger partial charge is 0.337 e. The van der Waals surface area contributed by atoms with Gasteiger partial charge in [-0.3, -0.25) is 9.78 Å². The van der Waals surface area contributed by atoms with Crippen LogP contribution in [0, 0.1) is 5.82 Å². The topological polar surface area (TPSA) is 36.4 Å². The lowest BCUT2D eigenvalue weighted by Crippen LogP contribution is -2.46. The number of hydrogen-bond donors (Lipinski definition) is 0. The number of amides is 1. The Balaban J connectivity index is 1.52. The molecular formula is C24H27F4N3O. The van der Waals surface area contributed by atoms with E-state index in [2.05, 4.69) is 9.88 Å². The van der Waals surface area contributed by atoms with Crippen LogP contribution in [-0.4, -0.2) is 52.9 Å². The molecule has 0 saturated carbocycles. The summed E-state index contributed by atoms with van der Waals surface area (Å²) >= 11 is 0. The molecule has 4 rings (SSSR count). The molecule has 1 aromatic carbocycles. The van der Waals surface area contributed by atoms with Crippen molar-refractivity contribution in [3.8, 4) is 11.1 Å². The summed E-state index contributed by atoms with van der Waals surface area (Å²) in [6.07, 6.45) is 1.51. The number of rotatable bonds is 4. The summed E-state index contributed by atoms with van der Waals surface area (Å²) in [7, 11) is 0. The summed E-state index contributed by atoms with van der Waals surface area (Å²) in [6, 6.07) is 5.11. The quantitative estimate of drug-likeness (QED) is 0.605. The van der Waals surface area contributed by atoms with Crippen LogP contribution in [0.15, 0.2) is 30.5 Å². The van der Waals surface area contributed by atoms with Gasteiger partial charge in [0.2, 0.25) is 0 Å². The van der Waals surface area contributed by atoms with Gasteiger partial charge in [-0.1, -0.05) is 13.0 Å². The minimum atomic E-state index is -4.78. The first-order valence-corrected chi connectivity index (χ1v) is 11.2. The second-order valence-corrected chi connectivity index (χ2v) is 8.54. The Kier molecular flexibility index (Phi) is 6.51. The van der Waals surface area contributed by atoms with E-state index in [1.165, 1.54) is 25.1 Å². The van der Waals surface area contributed by atoms with Gasteiger partial charge in [0.1, 0.15) is 11.5 Å². The molecule has 1 amide bonds. The van der Waals surface area contributed by atoms with Gasteiger partial charge in [-0.05, 0) is 74.5 Å². The SMILES string of the molecule is CCc1cc(-c2ccc(F)c(C(F)(F)F)c2)cnc1C(=O)N1CCC(N2CCCC2)CC1. The van der Waals surface area contributed by atoms with Crippen molar-refractivity contribution in [3.63, 3.8) is 0 Å².